The van der Waals surface area contributed by atoms with E-state index in [1.807, 2.05) is 41.3 Å². The lowest BCUT2D eigenvalue weighted by Gasteiger charge is -2.34. The van der Waals surface area contributed by atoms with Crippen LogP contribution in [0.15, 0.2) is 65.6 Å². The third-order valence-electron chi connectivity index (χ3n) is 5.42. The minimum absolute atomic E-state index is 0.160. The molecular weight excluding hydrogens is 457 g/mol. The number of ether oxygens (including phenoxy) is 1. The summed E-state index contributed by atoms with van der Waals surface area (Å²) < 4.78 is 70.3. The smallest absolute Gasteiger partial charge is 0.416 e. The first-order chi connectivity index (χ1) is 15.7. The predicted molar refractivity (Wildman–Crippen MR) is 116 cm³/mol. The number of nitrogens with zero attached hydrogens (tertiary/aromatic N) is 4. The van der Waals surface area contributed by atoms with Crippen LogP contribution in [-0.4, -0.2) is 56.2 Å². The highest BCUT2D eigenvalue weighted by atomic mass is 32.2. The molecule has 0 saturated carbocycles. The van der Waals surface area contributed by atoms with E-state index in [1.165, 1.54) is 4.31 Å². The zero-order valence-corrected chi connectivity index (χ0v) is 18.5. The molecule has 1 aromatic heterocycles. The average molecular weight is 478 g/mol. The third-order valence-corrected chi connectivity index (χ3v) is 7.33. The maximum absolute atomic E-state index is 12.8. The van der Waals surface area contributed by atoms with Gasteiger partial charge in [0.1, 0.15) is 5.75 Å². The molecule has 0 unspecified atom stereocenters. The molecule has 0 amide bonds. The van der Waals surface area contributed by atoms with E-state index in [9.17, 15) is 21.6 Å². The second-order valence-electron chi connectivity index (χ2n) is 7.42. The van der Waals surface area contributed by atoms with Crippen molar-refractivity contribution in [3.63, 3.8) is 0 Å². The van der Waals surface area contributed by atoms with E-state index in [-0.39, 0.29) is 18.0 Å². The molecule has 0 bridgehead atoms. The van der Waals surface area contributed by atoms with Crippen molar-refractivity contribution in [1.29, 1.82) is 0 Å². The fourth-order valence-electron chi connectivity index (χ4n) is 3.53. The molecule has 1 aliphatic heterocycles. The second-order valence-corrected chi connectivity index (χ2v) is 9.36. The summed E-state index contributed by atoms with van der Waals surface area (Å²) in [5.74, 6) is 1.37. The van der Waals surface area contributed by atoms with Gasteiger partial charge < -0.3 is 9.64 Å². The van der Waals surface area contributed by atoms with E-state index < -0.39 is 21.8 Å². The summed E-state index contributed by atoms with van der Waals surface area (Å²) in [6, 6.07) is 14.7. The Bertz CT molecular complexity index is 1190. The van der Waals surface area contributed by atoms with E-state index in [0.717, 1.165) is 35.6 Å². The molecule has 1 aliphatic rings. The van der Waals surface area contributed by atoms with Gasteiger partial charge in [-0.15, -0.1) is 10.2 Å². The molecule has 1 fully saturated rings. The Morgan fingerprint density at radius 1 is 0.848 bits per heavy atom. The van der Waals surface area contributed by atoms with Crippen molar-refractivity contribution >= 4 is 15.8 Å². The van der Waals surface area contributed by atoms with E-state index in [0.29, 0.717) is 24.6 Å². The molecule has 4 rings (SSSR count). The number of aromatic nitrogens is 2. The highest BCUT2D eigenvalue weighted by molar-refractivity contribution is 7.89. The zero-order chi connectivity index (χ0) is 23.6. The van der Waals surface area contributed by atoms with Gasteiger partial charge in [0.05, 0.1) is 23.3 Å². The number of piperazine rings is 1. The minimum Gasteiger partial charge on any atom is -0.497 e. The largest absolute Gasteiger partial charge is 0.497 e. The molecule has 174 valence electrons. The number of sulfonamides is 1. The van der Waals surface area contributed by atoms with Crippen molar-refractivity contribution in [2.45, 2.75) is 11.1 Å². The summed E-state index contributed by atoms with van der Waals surface area (Å²) in [5.41, 5.74) is 0.704. The lowest BCUT2D eigenvalue weighted by Crippen LogP contribution is -2.49. The molecule has 2 heterocycles. The molecule has 0 N–H and O–H groups in total. The Morgan fingerprint density at radius 3 is 2.00 bits per heavy atom. The fraction of sp³-hybridized carbons (Fsp3) is 0.273. The second kappa shape index (κ2) is 8.99. The van der Waals surface area contributed by atoms with Crippen LogP contribution < -0.4 is 9.64 Å². The number of methoxy groups -OCH3 is 1. The molecule has 1 saturated heterocycles. The molecule has 0 radical (unpaired) electrons. The Morgan fingerprint density at radius 2 is 1.48 bits per heavy atom. The van der Waals surface area contributed by atoms with Crippen LogP contribution in [0.3, 0.4) is 0 Å². The summed E-state index contributed by atoms with van der Waals surface area (Å²) in [7, 11) is -2.29. The number of alkyl halides is 3. The molecule has 33 heavy (non-hydrogen) atoms. The van der Waals surface area contributed by atoms with Crippen LogP contribution in [0, 0.1) is 0 Å². The van der Waals surface area contributed by atoms with Crippen LogP contribution in [0.4, 0.5) is 19.0 Å². The minimum atomic E-state index is -4.52. The Kier molecular flexibility index (Phi) is 6.26. The van der Waals surface area contributed by atoms with Crippen LogP contribution in [-0.2, 0) is 16.2 Å². The fourth-order valence-corrected chi connectivity index (χ4v) is 4.95. The topological polar surface area (TPSA) is 75.6 Å². The molecule has 7 nitrogen and oxygen atoms in total. The van der Waals surface area contributed by atoms with Crippen LogP contribution in [0.25, 0.3) is 11.3 Å². The number of rotatable bonds is 5. The summed E-state index contributed by atoms with van der Waals surface area (Å²) >= 11 is 0. The average Bonchev–Trinajstić information content (AvgIpc) is 2.84. The van der Waals surface area contributed by atoms with Crippen molar-refractivity contribution in [1.82, 2.24) is 14.5 Å². The first-order valence-electron chi connectivity index (χ1n) is 10.1. The van der Waals surface area contributed by atoms with Crippen LogP contribution in [0.5, 0.6) is 5.75 Å². The standard InChI is InChI=1S/C22H21F3N4O3S/c1-32-18-6-2-16(3-7-18)20-10-11-21(27-26-20)28-12-14-29(15-13-28)33(30,31)19-8-4-17(5-9-19)22(23,24)25/h2-11H,12-15H2,1H3. The number of hydrogen-bond donors (Lipinski definition) is 0. The number of anilines is 1. The van der Waals surface area contributed by atoms with Gasteiger partial charge in [-0.1, -0.05) is 0 Å². The normalized spacial score (nSPS) is 15.5. The van der Waals surface area contributed by atoms with E-state index in [1.54, 1.807) is 7.11 Å². The molecule has 3 aromatic rings. The lowest BCUT2D eigenvalue weighted by atomic mass is 10.1. The summed E-state index contributed by atoms with van der Waals surface area (Å²) in [4.78, 5) is 1.76. The van der Waals surface area contributed by atoms with Gasteiger partial charge in [-0.25, -0.2) is 8.42 Å². The number of hydrogen-bond acceptors (Lipinski definition) is 6. The van der Waals surface area contributed by atoms with Crippen LogP contribution >= 0.6 is 0 Å². The zero-order valence-electron chi connectivity index (χ0n) is 17.7. The first-order valence-corrected chi connectivity index (χ1v) is 11.5. The predicted octanol–water partition coefficient (Wildman–Crippen LogP) is 3.68. The molecule has 11 heteroatoms. The summed E-state index contributed by atoms with van der Waals surface area (Å²) in [6.45, 7) is 1.14. The monoisotopic (exact) mass is 478 g/mol. The van der Waals surface area contributed by atoms with Crippen molar-refractivity contribution in [2.24, 2.45) is 0 Å². The van der Waals surface area contributed by atoms with Gasteiger partial charge in [0.25, 0.3) is 0 Å². The van der Waals surface area contributed by atoms with Crippen molar-refractivity contribution in [3.8, 4) is 17.0 Å². The van der Waals surface area contributed by atoms with Gasteiger partial charge in [0.15, 0.2) is 5.82 Å². The quantitative estimate of drug-likeness (QED) is 0.557. The molecule has 0 atom stereocenters. The van der Waals surface area contributed by atoms with Crippen LogP contribution in [0.2, 0.25) is 0 Å². The third kappa shape index (κ3) is 4.93. The van der Waals surface area contributed by atoms with Gasteiger partial charge >= 0.3 is 6.18 Å². The molecule has 0 aliphatic carbocycles. The summed E-state index contributed by atoms with van der Waals surface area (Å²) in [6.07, 6.45) is -4.52. The maximum atomic E-state index is 12.8. The van der Waals surface area contributed by atoms with Gasteiger partial charge in [-0.2, -0.15) is 17.5 Å². The summed E-state index contributed by atoms with van der Waals surface area (Å²) in [5, 5.41) is 8.54. The van der Waals surface area contributed by atoms with E-state index >= 15 is 0 Å². The maximum Gasteiger partial charge on any atom is 0.416 e. The lowest BCUT2D eigenvalue weighted by molar-refractivity contribution is -0.137. The Labute approximate surface area is 189 Å². The van der Waals surface area contributed by atoms with Gasteiger partial charge in [0, 0.05) is 31.7 Å². The first kappa shape index (κ1) is 23.0. The van der Waals surface area contributed by atoms with Gasteiger partial charge in [-0.05, 0) is 60.7 Å². The number of halogens is 3. The van der Waals surface area contributed by atoms with E-state index in [2.05, 4.69) is 10.2 Å². The van der Waals surface area contributed by atoms with Crippen molar-refractivity contribution in [3.05, 3.63) is 66.2 Å². The Balaban J connectivity index is 1.40. The SMILES string of the molecule is COc1ccc(-c2ccc(N3CCN(S(=O)(=O)c4ccc(C(F)(F)F)cc4)CC3)nn2)cc1. The van der Waals surface area contributed by atoms with Crippen molar-refractivity contribution in [2.75, 3.05) is 38.2 Å². The van der Waals surface area contributed by atoms with Crippen LogP contribution in [0.1, 0.15) is 5.56 Å². The highest BCUT2D eigenvalue weighted by Crippen LogP contribution is 2.30. The molecule has 0 spiro atoms. The Hall–Kier alpha value is -3.18. The molecule has 2 aromatic carbocycles. The van der Waals surface area contributed by atoms with Gasteiger partial charge in [0.2, 0.25) is 10.0 Å². The van der Waals surface area contributed by atoms with Crippen molar-refractivity contribution < 1.29 is 26.3 Å². The molecular formula is C22H21F3N4O3S. The van der Waals surface area contributed by atoms with Gasteiger partial charge in [-0.3, -0.25) is 0 Å². The van der Waals surface area contributed by atoms with E-state index in [4.69, 9.17) is 4.74 Å². The highest BCUT2D eigenvalue weighted by Gasteiger charge is 2.32. The number of benzene rings is 2.